The molecule has 6 heteroatoms. The molecule has 2 N–H and O–H groups in total. The second kappa shape index (κ2) is 10.7. The molecule has 2 aromatic rings. The number of hydrogen-bond donors (Lipinski definition) is 2. The number of carbonyl (C=O) groups excluding carboxylic acids is 1. The van der Waals surface area contributed by atoms with Gasteiger partial charge in [0.25, 0.3) is 0 Å². The molecular formula is C26H36N4O2. The largest absolute Gasteiger partial charge is 0.497 e. The molecule has 1 saturated heterocycles. The summed E-state index contributed by atoms with van der Waals surface area (Å²) >= 11 is 0. The summed E-state index contributed by atoms with van der Waals surface area (Å²) in [4.78, 5) is 17.6. The number of ether oxygens (including phenoxy) is 1. The molecule has 0 radical (unpaired) electrons. The van der Waals surface area contributed by atoms with Crippen molar-refractivity contribution in [2.75, 3.05) is 56.6 Å². The first kappa shape index (κ1) is 22.5. The third-order valence-electron chi connectivity index (χ3n) is 6.45. The van der Waals surface area contributed by atoms with Crippen LogP contribution in [0.2, 0.25) is 0 Å². The molecule has 2 aromatic carbocycles. The van der Waals surface area contributed by atoms with E-state index in [9.17, 15) is 4.79 Å². The minimum absolute atomic E-state index is 0.0117. The van der Waals surface area contributed by atoms with E-state index in [1.807, 2.05) is 37.3 Å². The van der Waals surface area contributed by atoms with Crippen LogP contribution in [0.1, 0.15) is 25.3 Å². The van der Waals surface area contributed by atoms with Crippen molar-refractivity contribution in [1.82, 2.24) is 10.2 Å². The number of hydrogen-bond acceptors (Lipinski definition) is 5. The molecule has 0 spiro atoms. The standard InChI is InChI=1S/C26H36N4O2/c1-20(26(31)27-13-12-21-8-10-25(32-2)11-9-21)28-23-4-3-5-24(18-23)30-16-14-29(15-17-30)19-22-6-7-22/h3-5,8-11,18,20,22,28H,6-7,12-17,19H2,1-2H3,(H,27,31). The van der Waals surface area contributed by atoms with Crippen molar-refractivity contribution in [2.24, 2.45) is 5.92 Å². The van der Waals surface area contributed by atoms with E-state index in [-0.39, 0.29) is 11.9 Å². The van der Waals surface area contributed by atoms with Crippen molar-refractivity contribution in [1.29, 1.82) is 0 Å². The Bertz CT molecular complexity index is 874. The lowest BCUT2D eigenvalue weighted by atomic mass is 10.1. The summed E-state index contributed by atoms with van der Waals surface area (Å²) in [5, 5.41) is 6.40. The SMILES string of the molecule is COc1ccc(CCNC(=O)C(C)Nc2cccc(N3CCN(CC4CC4)CC3)c2)cc1. The van der Waals surface area contributed by atoms with Crippen LogP contribution in [-0.2, 0) is 11.2 Å². The highest BCUT2D eigenvalue weighted by Gasteiger charge is 2.26. The summed E-state index contributed by atoms with van der Waals surface area (Å²) in [6.07, 6.45) is 3.63. The van der Waals surface area contributed by atoms with Gasteiger partial charge >= 0.3 is 0 Å². The lowest BCUT2D eigenvalue weighted by molar-refractivity contribution is -0.121. The number of benzene rings is 2. The van der Waals surface area contributed by atoms with E-state index in [0.717, 1.165) is 50.0 Å². The van der Waals surface area contributed by atoms with Gasteiger partial charge in [0.2, 0.25) is 5.91 Å². The van der Waals surface area contributed by atoms with E-state index in [0.29, 0.717) is 6.54 Å². The first-order valence-corrected chi connectivity index (χ1v) is 11.9. The normalized spacial score (nSPS) is 17.6. The number of rotatable bonds is 10. The Labute approximate surface area is 191 Å². The Morgan fingerprint density at radius 1 is 1.09 bits per heavy atom. The predicted molar refractivity (Wildman–Crippen MR) is 131 cm³/mol. The molecule has 1 aliphatic carbocycles. The topological polar surface area (TPSA) is 56.8 Å². The number of anilines is 2. The van der Waals surface area contributed by atoms with Crippen molar-refractivity contribution in [3.8, 4) is 5.75 Å². The van der Waals surface area contributed by atoms with Gasteiger partial charge in [0.05, 0.1) is 7.11 Å². The van der Waals surface area contributed by atoms with Gasteiger partial charge < -0.3 is 20.3 Å². The monoisotopic (exact) mass is 436 g/mol. The molecule has 1 atom stereocenters. The zero-order valence-corrected chi connectivity index (χ0v) is 19.3. The van der Waals surface area contributed by atoms with Crippen LogP contribution in [0.25, 0.3) is 0 Å². The second-order valence-electron chi connectivity index (χ2n) is 9.04. The van der Waals surface area contributed by atoms with Crippen LogP contribution in [0.5, 0.6) is 5.75 Å². The summed E-state index contributed by atoms with van der Waals surface area (Å²) in [7, 11) is 1.66. The number of piperazine rings is 1. The quantitative estimate of drug-likeness (QED) is 0.598. The molecule has 1 unspecified atom stereocenters. The Morgan fingerprint density at radius 2 is 1.84 bits per heavy atom. The molecule has 2 aliphatic rings. The maximum atomic E-state index is 12.5. The van der Waals surface area contributed by atoms with Gasteiger partial charge in [-0.15, -0.1) is 0 Å². The fourth-order valence-corrected chi connectivity index (χ4v) is 4.24. The Morgan fingerprint density at radius 3 is 2.53 bits per heavy atom. The summed E-state index contributed by atoms with van der Waals surface area (Å²) in [5.74, 6) is 1.81. The number of amides is 1. The van der Waals surface area contributed by atoms with E-state index in [1.165, 1.54) is 30.6 Å². The summed E-state index contributed by atoms with van der Waals surface area (Å²) in [6, 6.07) is 16.1. The lowest BCUT2D eigenvalue weighted by Gasteiger charge is -2.36. The molecule has 1 heterocycles. The highest BCUT2D eigenvalue weighted by Crippen LogP contribution is 2.30. The average molecular weight is 437 g/mol. The van der Waals surface area contributed by atoms with Crippen LogP contribution >= 0.6 is 0 Å². The van der Waals surface area contributed by atoms with Gasteiger partial charge in [-0.25, -0.2) is 0 Å². The van der Waals surface area contributed by atoms with E-state index in [1.54, 1.807) is 7.11 Å². The summed E-state index contributed by atoms with van der Waals surface area (Å²) in [5.41, 5.74) is 3.39. The number of nitrogens with one attached hydrogen (secondary N) is 2. The first-order valence-electron chi connectivity index (χ1n) is 11.9. The van der Waals surface area contributed by atoms with Crippen LogP contribution in [0.3, 0.4) is 0 Å². The molecule has 1 amide bonds. The Balaban J connectivity index is 1.22. The number of nitrogens with zero attached hydrogens (tertiary/aromatic N) is 2. The van der Waals surface area contributed by atoms with Crippen LogP contribution in [0, 0.1) is 5.92 Å². The van der Waals surface area contributed by atoms with Gasteiger partial charge in [-0.05, 0) is 68.0 Å². The zero-order chi connectivity index (χ0) is 22.3. The summed E-state index contributed by atoms with van der Waals surface area (Å²) < 4.78 is 5.18. The molecule has 0 aromatic heterocycles. The first-order chi connectivity index (χ1) is 15.6. The van der Waals surface area contributed by atoms with Crippen molar-refractivity contribution < 1.29 is 9.53 Å². The number of methoxy groups -OCH3 is 1. The second-order valence-corrected chi connectivity index (χ2v) is 9.04. The molecule has 172 valence electrons. The van der Waals surface area contributed by atoms with Crippen LogP contribution in [0.15, 0.2) is 48.5 Å². The van der Waals surface area contributed by atoms with Crippen LogP contribution < -0.4 is 20.3 Å². The molecule has 0 bridgehead atoms. The van der Waals surface area contributed by atoms with Gasteiger partial charge in [-0.1, -0.05) is 18.2 Å². The fraction of sp³-hybridized carbons (Fsp3) is 0.500. The van der Waals surface area contributed by atoms with E-state index >= 15 is 0 Å². The van der Waals surface area contributed by atoms with E-state index in [2.05, 4.69) is 38.6 Å². The molecule has 2 fully saturated rings. The zero-order valence-electron chi connectivity index (χ0n) is 19.3. The van der Waals surface area contributed by atoms with Crippen molar-refractivity contribution >= 4 is 17.3 Å². The molecular weight excluding hydrogens is 400 g/mol. The third-order valence-corrected chi connectivity index (χ3v) is 6.45. The molecule has 32 heavy (non-hydrogen) atoms. The molecule has 1 saturated carbocycles. The van der Waals surface area contributed by atoms with Crippen molar-refractivity contribution in [3.63, 3.8) is 0 Å². The van der Waals surface area contributed by atoms with Gasteiger partial charge in [0.15, 0.2) is 0 Å². The minimum Gasteiger partial charge on any atom is -0.497 e. The van der Waals surface area contributed by atoms with E-state index in [4.69, 9.17) is 4.74 Å². The Hall–Kier alpha value is -2.73. The highest BCUT2D eigenvalue weighted by atomic mass is 16.5. The predicted octanol–water partition coefficient (Wildman–Crippen LogP) is 3.39. The minimum atomic E-state index is -0.295. The molecule has 4 rings (SSSR count). The van der Waals surface area contributed by atoms with Crippen molar-refractivity contribution in [3.05, 3.63) is 54.1 Å². The smallest absolute Gasteiger partial charge is 0.242 e. The van der Waals surface area contributed by atoms with Gasteiger partial charge in [-0.3, -0.25) is 9.69 Å². The molecule has 1 aliphatic heterocycles. The third kappa shape index (κ3) is 6.39. The average Bonchev–Trinajstić information content (AvgIpc) is 3.64. The fourth-order valence-electron chi connectivity index (χ4n) is 4.24. The van der Waals surface area contributed by atoms with Gasteiger partial charge in [0.1, 0.15) is 11.8 Å². The maximum absolute atomic E-state index is 12.5. The van der Waals surface area contributed by atoms with Crippen LogP contribution in [0.4, 0.5) is 11.4 Å². The van der Waals surface area contributed by atoms with Gasteiger partial charge in [-0.2, -0.15) is 0 Å². The molecule has 6 nitrogen and oxygen atoms in total. The van der Waals surface area contributed by atoms with Crippen LogP contribution in [-0.4, -0.2) is 63.2 Å². The highest BCUT2D eigenvalue weighted by molar-refractivity contribution is 5.84. The van der Waals surface area contributed by atoms with Gasteiger partial charge in [0, 0.05) is 50.6 Å². The number of carbonyl (C=O) groups is 1. The summed E-state index contributed by atoms with van der Waals surface area (Å²) in [6.45, 7) is 8.21. The maximum Gasteiger partial charge on any atom is 0.242 e. The van der Waals surface area contributed by atoms with Crippen molar-refractivity contribution in [2.45, 2.75) is 32.2 Å². The Kier molecular flexibility index (Phi) is 7.53. The lowest BCUT2D eigenvalue weighted by Crippen LogP contribution is -2.47. The van der Waals surface area contributed by atoms with E-state index < -0.39 is 0 Å².